The van der Waals surface area contributed by atoms with E-state index in [0.29, 0.717) is 15.8 Å². The van der Waals surface area contributed by atoms with Crippen LogP contribution in [0.4, 0.5) is 5.69 Å². The number of thioether (sulfide) groups is 2. The van der Waals surface area contributed by atoms with Gasteiger partial charge in [-0.1, -0.05) is 12.1 Å². The van der Waals surface area contributed by atoms with Crippen LogP contribution in [0, 0.1) is 6.92 Å². The largest absolute Gasteiger partial charge is 0.497 e. The molecule has 2 heterocycles. The number of benzene rings is 2. The number of hydrogen-bond acceptors (Lipinski definition) is 5. The third-order valence-corrected chi connectivity index (χ3v) is 7.60. The Morgan fingerprint density at radius 2 is 1.96 bits per heavy atom. The third-order valence-electron chi connectivity index (χ3n) is 4.50. The number of aryl methyl sites for hydroxylation is 1. The van der Waals surface area contributed by atoms with Crippen LogP contribution in [0.2, 0.25) is 0 Å². The minimum atomic E-state index is -0.137. The normalized spacial score (nSPS) is 14.4. The Morgan fingerprint density at radius 1 is 1.15 bits per heavy atom. The third kappa shape index (κ3) is 3.92. The summed E-state index contributed by atoms with van der Waals surface area (Å²) in [7, 11) is 1.63. The van der Waals surface area contributed by atoms with Crippen LogP contribution < -0.4 is 10.1 Å². The van der Waals surface area contributed by atoms with Crippen molar-refractivity contribution in [1.29, 1.82) is 0 Å². The number of nitrogens with one attached hydrogen (secondary N) is 1. The van der Waals surface area contributed by atoms with Crippen molar-refractivity contribution in [3.8, 4) is 5.75 Å². The fraction of sp³-hybridized carbons (Fsp3) is 0.238. The van der Waals surface area contributed by atoms with E-state index in [1.165, 1.54) is 17.1 Å². The Labute approximate surface area is 167 Å². The van der Waals surface area contributed by atoms with Crippen LogP contribution in [0.25, 0.3) is 10.9 Å². The first kappa shape index (κ1) is 18.2. The molecule has 1 N–H and O–H groups in total. The average molecular weight is 397 g/mol. The molecule has 0 bridgehead atoms. The molecule has 1 aliphatic rings. The number of fused-ring (bicyclic) bond motifs is 1. The molecule has 0 unspecified atom stereocenters. The van der Waals surface area contributed by atoms with Gasteiger partial charge in [0.05, 0.1) is 28.5 Å². The predicted molar refractivity (Wildman–Crippen MR) is 115 cm³/mol. The van der Waals surface area contributed by atoms with E-state index >= 15 is 0 Å². The lowest BCUT2D eigenvalue weighted by atomic mass is 10.1. The number of ether oxygens (including phenoxy) is 1. The molecule has 138 valence electrons. The van der Waals surface area contributed by atoms with Gasteiger partial charge >= 0.3 is 0 Å². The summed E-state index contributed by atoms with van der Waals surface area (Å²) in [5.74, 6) is 2.98. The molecular formula is C21H20N2O2S2. The van der Waals surface area contributed by atoms with Crippen molar-refractivity contribution in [3.63, 3.8) is 0 Å². The molecule has 2 aromatic carbocycles. The van der Waals surface area contributed by atoms with E-state index in [1.807, 2.05) is 66.8 Å². The molecule has 6 heteroatoms. The second kappa shape index (κ2) is 7.82. The highest BCUT2D eigenvalue weighted by Gasteiger charge is 2.19. The lowest BCUT2D eigenvalue weighted by Crippen LogP contribution is -2.14. The summed E-state index contributed by atoms with van der Waals surface area (Å²) in [5, 5.41) is 3.94. The SMILES string of the molecule is COc1ccc2cc(C(=O)Nc3cccc(C4SCCS4)c3)c(C)nc2c1. The fourth-order valence-electron chi connectivity index (χ4n) is 3.11. The molecule has 27 heavy (non-hydrogen) atoms. The van der Waals surface area contributed by atoms with Gasteiger partial charge in [0.1, 0.15) is 5.75 Å². The van der Waals surface area contributed by atoms with E-state index in [0.717, 1.165) is 22.3 Å². The molecule has 0 saturated carbocycles. The van der Waals surface area contributed by atoms with Crippen molar-refractivity contribution in [1.82, 2.24) is 4.98 Å². The van der Waals surface area contributed by atoms with Crippen LogP contribution in [-0.2, 0) is 0 Å². The Bertz CT molecular complexity index is 1000. The topological polar surface area (TPSA) is 51.2 Å². The number of nitrogens with zero attached hydrogens (tertiary/aromatic N) is 1. The maximum atomic E-state index is 12.8. The summed E-state index contributed by atoms with van der Waals surface area (Å²) in [6.07, 6.45) is 0. The first-order valence-electron chi connectivity index (χ1n) is 8.74. The van der Waals surface area contributed by atoms with Crippen molar-refractivity contribution in [2.24, 2.45) is 0 Å². The predicted octanol–water partition coefficient (Wildman–Crippen LogP) is 5.28. The summed E-state index contributed by atoms with van der Waals surface area (Å²) in [5.41, 5.74) is 4.18. The number of carbonyl (C=O) groups excluding carboxylic acids is 1. The van der Waals surface area contributed by atoms with Crippen molar-refractivity contribution in [3.05, 3.63) is 65.4 Å². The monoisotopic (exact) mass is 396 g/mol. The Balaban J connectivity index is 1.59. The van der Waals surface area contributed by atoms with Crippen molar-refractivity contribution < 1.29 is 9.53 Å². The Hall–Kier alpha value is -2.18. The average Bonchev–Trinajstić information content (AvgIpc) is 3.22. The lowest BCUT2D eigenvalue weighted by Gasteiger charge is -2.12. The maximum Gasteiger partial charge on any atom is 0.257 e. The minimum absolute atomic E-state index is 0.137. The highest BCUT2D eigenvalue weighted by Crippen LogP contribution is 2.45. The highest BCUT2D eigenvalue weighted by molar-refractivity contribution is 8.19. The van der Waals surface area contributed by atoms with Gasteiger partial charge in [-0.25, -0.2) is 0 Å². The Morgan fingerprint density at radius 3 is 2.74 bits per heavy atom. The van der Waals surface area contributed by atoms with Crippen LogP contribution in [-0.4, -0.2) is 29.5 Å². The summed E-state index contributed by atoms with van der Waals surface area (Å²) < 4.78 is 5.71. The van der Waals surface area contributed by atoms with Gasteiger partial charge in [-0.2, -0.15) is 0 Å². The van der Waals surface area contributed by atoms with E-state index in [9.17, 15) is 4.79 Å². The number of rotatable bonds is 4. The van der Waals surface area contributed by atoms with Gasteiger partial charge in [0, 0.05) is 28.6 Å². The van der Waals surface area contributed by atoms with Gasteiger partial charge in [-0.3, -0.25) is 9.78 Å². The highest BCUT2D eigenvalue weighted by atomic mass is 32.2. The summed E-state index contributed by atoms with van der Waals surface area (Å²) in [6.45, 7) is 1.86. The molecule has 1 aliphatic heterocycles. The molecule has 0 atom stereocenters. The number of pyridine rings is 1. The molecule has 1 aromatic heterocycles. The van der Waals surface area contributed by atoms with Crippen LogP contribution in [0.1, 0.15) is 26.2 Å². The maximum absolute atomic E-state index is 12.8. The number of aromatic nitrogens is 1. The summed E-state index contributed by atoms with van der Waals surface area (Å²) >= 11 is 3.91. The zero-order valence-corrected chi connectivity index (χ0v) is 16.8. The van der Waals surface area contributed by atoms with Crippen LogP contribution in [0.15, 0.2) is 48.5 Å². The first-order chi connectivity index (χ1) is 13.1. The molecular weight excluding hydrogens is 376 g/mol. The Kier molecular flexibility index (Phi) is 5.27. The molecule has 4 nitrogen and oxygen atoms in total. The summed E-state index contributed by atoms with van der Waals surface area (Å²) in [4.78, 5) is 17.4. The molecule has 1 amide bonds. The zero-order chi connectivity index (χ0) is 18.8. The van der Waals surface area contributed by atoms with E-state index < -0.39 is 0 Å². The van der Waals surface area contributed by atoms with Crippen molar-refractivity contribution in [2.75, 3.05) is 23.9 Å². The van der Waals surface area contributed by atoms with Crippen LogP contribution in [0.3, 0.4) is 0 Å². The summed E-state index contributed by atoms with van der Waals surface area (Å²) in [6, 6.07) is 15.7. The minimum Gasteiger partial charge on any atom is -0.497 e. The van der Waals surface area contributed by atoms with Crippen LogP contribution >= 0.6 is 23.5 Å². The van der Waals surface area contributed by atoms with Crippen LogP contribution in [0.5, 0.6) is 5.75 Å². The van der Waals surface area contributed by atoms with Gasteiger partial charge < -0.3 is 10.1 Å². The number of anilines is 1. The quantitative estimate of drug-likeness (QED) is 0.650. The first-order valence-corrected chi connectivity index (χ1v) is 10.8. The number of amides is 1. The lowest BCUT2D eigenvalue weighted by molar-refractivity contribution is 0.102. The number of methoxy groups -OCH3 is 1. The molecule has 4 rings (SSSR count). The molecule has 1 fully saturated rings. The second-order valence-corrected chi connectivity index (χ2v) is 9.06. The molecule has 0 radical (unpaired) electrons. The fourth-order valence-corrected chi connectivity index (χ4v) is 5.95. The number of carbonyl (C=O) groups is 1. The van der Waals surface area contributed by atoms with E-state index in [4.69, 9.17) is 4.74 Å². The van der Waals surface area contributed by atoms with Crippen molar-refractivity contribution >= 4 is 46.0 Å². The van der Waals surface area contributed by atoms with Gasteiger partial charge in [-0.05, 0) is 42.8 Å². The van der Waals surface area contributed by atoms with Gasteiger partial charge in [0.2, 0.25) is 0 Å². The van der Waals surface area contributed by atoms with E-state index in [1.54, 1.807) is 7.11 Å². The zero-order valence-electron chi connectivity index (χ0n) is 15.2. The van der Waals surface area contributed by atoms with E-state index in [-0.39, 0.29) is 5.91 Å². The van der Waals surface area contributed by atoms with Gasteiger partial charge in [0.25, 0.3) is 5.91 Å². The molecule has 0 spiro atoms. The van der Waals surface area contributed by atoms with Crippen molar-refractivity contribution in [2.45, 2.75) is 11.5 Å². The molecule has 1 saturated heterocycles. The van der Waals surface area contributed by atoms with Gasteiger partial charge in [-0.15, -0.1) is 23.5 Å². The number of hydrogen-bond donors (Lipinski definition) is 1. The second-order valence-electron chi connectivity index (χ2n) is 6.33. The standard InChI is InChI=1S/C21H20N2O2S2/c1-13-18(11-14-6-7-17(25-2)12-19(14)22-13)20(24)23-16-5-3-4-15(10-16)21-26-8-9-27-21/h3-7,10-12,21H,8-9H2,1-2H3,(H,23,24). The molecule has 0 aliphatic carbocycles. The van der Waals surface area contributed by atoms with E-state index in [2.05, 4.69) is 22.4 Å². The smallest absolute Gasteiger partial charge is 0.257 e. The molecule has 3 aromatic rings. The van der Waals surface area contributed by atoms with Gasteiger partial charge in [0.15, 0.2) is 0 Å².